The Morgan fingerprint density at radius 1 is 1.60 bits per heavy atom. The highest BCUT2D eigenvalue weighted by atomic mass is 16.5. The molecule has 0 amide bonds. The molecular formula is C11H20N3O+. The number of aromatic nitrogens is 2. The molecule has 0 radical (unpaired) electrons. The second-order valence-electron chi connectivity index (χ2n) is 4.78. The summed E-state index contributed by atoms with van der Waals surface area (Å²) in [6.45, 7) is 4.05. The Labute approximate surface area is 90.4 Å². The Kier molecular flexibility index (Phi) is 2.78. The number of aromatic amines is 1. The summed E-state index contributed by atoms with van der Waals surface area (Å²) in [5.74, 6) is 2.62. The van der Waals surface area contributed by atoms with Gasteiger partial charge in [0.05, 0.1) is 0 Å². The molecule has 2 N–H and O–H groups in total. The molecule has 1 atom stereocenters. The van der Waals surface area contributed by atoms with E-state index in [1.54, 1.807) is 0 Å². The van der Waals surface area contributed by atoms with Crippen molar-refractivity contribution in [3.8, 4) is 0 Å². The average molecular weight is 210 g/mol. The van der Waals surface area contributed by atoms with Crippen molar-refractivity contribution in [2.45, 2.75) is 45.1 Å². The van der Waals surface area contributed by atoms with E-state index in [1.807, 2.05) is 14.0 Å². The number of aryl methyl sites for hydroxylation is 1. The fourth-order valence-corrected chi connectivity index (χ4v) is 1.83. The van der Waals surface area contributed by atoms with Gasteiger partial charge in [-0.15, -0.1) is 0 Å². The van der Waals surface area contributed by atoms with E-state index in [2.05, 4.69) is 22.4 Å². The van der Waals surface area contributed by atoms with Crippen LogP contribution in [0.5, 0.6) is 0 Å². The maximum absolute atomic E-state index is 5.09. The van der Waals surface area contributed by atoms with Gasteiger partial charge in [-0.2, -0.15) is 0 Å². The van der Waals surface area contributed by atoms with Crippen LogP contribution in [0.2, 0.25) is 0 Å². The van der Waals surface area contributed by atoms with Crippen LogP contribution in [0.3, 0.4) is 0 Å². The van der Waals surface area contributed by atoms with Gasteiger partial charge >= 0.3 is 11.7 Å². The molecular weight excluding hydrogens is 190 g/mol. The number of hydrogen-bond acceptors (Lipinski definition) is 3. The van der Waals surface area contributed by atoms with Gasteiger partial charge in [-0.1, -0.05) is 12.8 Å². The molecule has 1 saturated carbocycles. The molecule has 1 aliphatic rings. The lowest BCUT2D eigenvalue weighted by Crippen LogP contribution is -2.41. The molecule has 15 heavy (non-hydrogen) atoms. The predicted octanol–water partition coefficient (Wildman–Crippen LogP) is 1.42. The van der Waals surface area contributed by atoms with Crippen LogP contribution in [0.25, 0.3) is 0 Å². The fraction of sp³-hybridized carbons (Fsp3) is 0.818. The summed E-state index contributed by atoms with van der Waals surface area (Å²) in [5, 5.41) is 7.40. The summed E-state index contributed by atoms with van der Waals surface area (Å²) in [7, 11) is 1.98. The number of nitrogens with one attached hydrogen (secondary N) is 2. The first-order valence-electron chi connectivity index (χ1n) is 5.69. The smallest absolute Gasteiger partial charge is 0.304 e. The van der Waals surface area contributed by atoms with Crippen molar-refractivity contribution >= 4 is 0 Å². The molecule has 0 aromatic carbocycles. The second kappa shape index (κ2) is 3.93. The van der Waals surface area contributed by atoms with Crippen LogP contribution in [0.15, 0.2) is 4.52 Å². The van der Waals surface area contributed by atoms with Crippen LogP contribution in [-0.4, -0.2) is 12.2 Å². The third-order valence-electron chi connectivity index (χ3n) is 3.39. The molecule has 1 aliphatic carbocycles. The van der Waals surface area contributed by atoms with Gasteiger partial charge in [-0.3, -0.25) is 0 Å². The summed E-state index contributed by atoms with van der Waals surface area (Å²) in [4.78, 5) is 3.17. The van der Waals surface area contributed by atoms with Crippen molar-refractivity contribution in [3.63, 3.8) is 0 Å². The van der Waals surface area contributed by atoms with Gasteiger partial charge in [0, 0.05) is 6.92 Å². The number of H-pyrrole nitrogens is 1. The van der Waals surface area contributed by atoms with Crippen molar-refractivity contribution in [1.29, 1.82) is 0 Å². The van der Waals surface area contributed by atoms with E-state index in [0.29, 0.717) is 0 Å². The third-order valence-corrected chi connectivity index (χ3v) is 3.39. The normalized spacial score (nSPS) is 20.2. The molecule has 1 fully saturated rings. The summed E-state index contributed by atoms with van der Waals surface area (Å²) < 4.78 is 5.09. The minimum Gasteiger partial charge on any atom is -0.304 e. The van der Waals surface area contributed by atoms with Gasteiger partial charge in [-0.05, 0) is 32.7 Å². The van der Waals surface area contributed by atoms with E-state index < -0.39 is 0 Å². The molecule has 0 spiro atoms. The Balaban J connectivity index is 2.04. The van der Waals surface area contributed by atoms with Gasteiger partial charge in [0.1, 0.15) is 5.54 Å². The zero-order chi connectivity index (χ0) is 10.9. The highest BCUT2D eigenvalue weighted by Crippen LogP contribution is 2.36. The maximum Gasteiger partial charge on any atom is 0.366 e. The largest absolute Gasteiger partial charge is 0.366 e. The Bertz CT molecular complexity index is 332. The van der Waals surface area contributed by atoms with E-state index >= 15 is 0 Å². The molecule has 2 rings (SSSR count). The monoisotopic (exact) mass is 210 g/mol. The quantitative estimate of drug-likeness (QED) is 0.799. The van der Waals surface area contributed by atoms with E-state index in [4.69, 9.17) is 4.52 Å². The minimum absolute atomic E-state index is 0.0830. The van der Waals surface area contributed by atoms with E-state index in [-0.39, 0.29) is 5.54 Å². The average Bonchev–Trinajstić information content (AvgIpc) is 2.96. The first-order chi connectivity index (χ1) is 7.14. The molecule has 4 nitrogen and oxygen atoms in total. The summed E-state index contributed by atoms with van der Waals surface area (Å²) in [5.41, 5.74) is -0.0830. The van der Waals surface area contributed by atoms with Crippen molar-refractivity contribution in [3.05, 3.63) is 11.7 Å². The van der Waals surface area contributed by atoms with Crippen LogP contribution in [-0.2, 0) is 5.54 Å². The lowest BCUT2D eigenvalue weighted by Gasteiger charge is -2.21. The zero-order valence-corrected chi connectivity index (χ0v) is 9.76. The van der Waals surface area contributed by atoms with Crippen LogP contribution >= 0.6 is 0 Å². The molecule has 1 aromatic heterocycles. The molecule has 84 valence electrons. The van der Waals surface area contributed by atoms with Crippen LogP contribution < -0.4 is 10.3 Å². The van der Waals surface area contributed by atoms with Crippen molar-refractivity contribution in [1.82, 2.24) is 10.5 Å². The summed E-state index contributed by atoms with van der Waals surface area (Å²) in [6.07, 6.45) is 5.19. The van der Waals surface area contributed by atoms with Gasteiger partial charge in [0.2, 0.25) is 0 Å². The van der Waals surface area contributed by atoms with Crippen molar-refractivity contribution in [2.24, 2.45) is 5.92 Å². The molecule has 0 bridgehead atoms. The van der Waals surface area contributed by atoms with Crippen LogP contribution in [0.4, 0.5) is 0 Å². The Hall–Kier alpha value is -0.900. The van der Waals surface area contributed by atoms with Gasteiger partial charge in [0.15, 0.2) is 5.16 Å². The molecule has 1 heterocycles. The standard InChI is InChI=1S/C11H19N3O/c1-8-13-10(14-15-8)11(2,12-3)7-6-9-4-5-9/h9,12H,4-7H2,1-3H3/p+1/t11-/m1/s1. The topological polar surface area (TPSA) is 52.2 Å². The maximum atomic E-state index is 5.09. The second-order valence-corrected chi connectivity index (χ2v) is 4.78. The minimum atomic E-state index is -0.0830. The van der Waals surface area contributed by atoms with Gasteiger partial charge < -0.3 is 5.32 Å². The van der Waals surface area contributed by atoms with Gasteiger partial charge in [0.25, 0.3) is 0 Å². The molecule has 0 unspecified atom stereocenters. The SMILES string of the molecule is CN[C@](C)(CCC1CC1)c1noc(C)[nH+]1. The Morgan fingerprint density at radius 3 is 2.80 bits per heavy atom. The van der Waals surface area contributed by atoms with E-state index in [1.165, 1.54) is 19.3 Å². The van der Waals surface area contributed by atoms with Crippen molar-refractivity contribution in [2.75, 3.05) is 7.05 Å². The number of nitrogens with zero attached hydrogens (tertiary/aromatic N) is 1. The molecule has 0 saturated heterocycles. The highest BCUT2D eigenvalue weighted by molar-refractivity contribution is 4.96. The molecule has 0 aliphatic heterocycles. The number of hydrogen-bond donors (Lipinski definition) is 1. The summed E-state index contributed by atoms with van der Waals surface area (Å²) in [6, 6.07) is 0. The van der Waals surface area contributed by atoms with Gasteiger partial charge in [-0.25, -0.2) is 9.51 Å². The first kappa shape index (κ1) is 10.6. The Morgan fingerprint density at radius 2 is 2.33 bits per heavy atom. The highest BCUT2D eigenvalue weighted by Gasteiger charge is 2.37. The predicted molar refractivity (Wildman–Crippen MR) is 56.2 cm³/mol. The molecule has 4 heteroatoms. The van der Waals surface area contributed by atoms with Crippen molar-refractivity contribution < 1.29 is 9.51 Å². The lowest BCUT2D eigenvalue weighted by molar-refractivity contribution is -0.414. The van der Waals surface area contributed by atoms with E-state index in [0.717, 1.165) is 24.1 Å². The molecule has 1 aromatic rings. The lowest BCUT2D eigenvalue weighted by atomic mass is 9.93. The van der Waals surface area contributed by atoms with Crippen LogP contribution in [0.1, 0.15) is 44.3 Å². The summed E-state index contributed by atoms with van der Waals surface area (Å²) >= 11 is 0. The zero-order valence-electron chi connectivity index (χ0n) is 9.76. The third kappa shape index (κ3) is 2.37. The first-order valence-corrected chi connectivity index (χ1v) is 5.69. The van der Waals surface area contributed by atoms with Crippen LogP contribution in [0, 0.1) is 12.8 Å². The fourth-order valence-electron chi connectivity index (χ4n) is 1.83. The van der Waals surface area contributed by atoms with E-state index in [9.17, 15) is 0 Å². The number of rotatable bonds is 5.